The highest BCUT2D eigenvalue weighted by Crippen LogP contribution is 2.33. The van der Waals surface area contributed by atoms with Gasteiger partial charge < -0.3 is 18.9 Å². The summed E-state index contributed by atoms with van der Waals surface area (Å²) in [5.41, 5.74) is 1.99. The molecule has 0 saturated heterocycles. The first kappa shape index (κ1) is 36.8. The molecule has 47 heavy (non-hydrogen) atoms. The van der Waals surface area contributed by atoms with E-state index in [1.165, 1.54) is 24.3 Å². The smallest absolute Gasteiger partial charge is 0.343 e. The normalized spacial score (nSPS) is 11.4. The van der Waals surface area contributed by atoms with E-state index in [1.807, 2.05) is 43.3 Å². The summed E-state index contributed by atoms with van der Waals surface area (Å²) in [4.78, 5) is 35.0. The molecule has 0 aliphatic carbocycles. The van der Waals surface area contributed by atoms with Crippen LogP contribution in [0.4, 0.5) is 5.69 Å². The number of nitro benzene ring substituents is 1. The number of hydrogen-bond acceptors (Lipinski definition) is 8. The fourth-order valence-electron chi connectivity index (χ4n) is 4.98. The largest absolute Gasteiger partial charge is 0.494 e. The third-order valence-electron chi connectivity index (χ3n) is 7.66. The second kappa shape index (κ2) is 20.5. The predicted octanol–water partition coefficient (Wildman–Crippen LogP) is 9.67. The Morgan fingerprint density at radius 3 is 2.04 bits per heavy atom. The standard InChI is InChI=1S/C38H47NO8/c1-4-6-7-12-15-29(3)46-36-25-24-34(28-35(36)39(42)43)47-38(41)32-18-16-30(17-19-32)31-20-22-33(23-21-31)44-26-13-10-8-9-11-14-27-45-37(40)5-2/h5,16-25,28-29H,2,4,6-15,26-27H2,1,3H3/t29-/m0/s1. The molecule has 3 aromatic rings. The number of nitro groups is 1. The summed E-state index contributed by atoms with van der Waals surface area (Å²) in [5, 5.41) is 11.7. The Kier molecular flexibility index (Phi) is 16.0. The summed E-state index contributed by atoms with van der Waals surface area (Å²) >= 11 is 0. The van der Waals surface area contributed by atoms with Gasteiger partial charge in [0.25, 0.3) is 0 Å². The van der Waals surface area contributed by atoms with Gasteiger partial charge in [0.15, 0.2) is 5.75 Å². The van der Waals surface area contributed by atoms with Gasteiger partial charge in [-0.25, -0.2) is 9.59 Å². The fourth-order valence-corrected chi connectivity index (χ4v) is 4.98. The van der Waals surface area contributed by atoms with E-state index in [-0.39, 0.29) is 29.3 Å². The summed E-state index contributed by atoms with van der Waals surface area (Å²) in [5.74, 6) is 0.0534. The molecule has 0 N–H and O–H groups in total. The number of nitrogens with zero attached hydrogens (tertiary/aromatic N) is 1. The van der Waals surface area contributed by atoms with Crippen LogP contribution in [-0.4, -0.2) is 36.2 Å². The lowest BCUT2D eigenvalue weighted by atomic mass is 10.0. The maximum Gasteiger partial charge on any atom is 0.343 e. The maximum atomic E-state index is 12.8. The SMILES string of the molecule is C=CC(=O)OCCCCCCCCOc1ccc(-c2ccc(C(=O)Oc3ccc(O[C@@H](C)CCCCCC)c([N+](=O)[O-])c3)cc2)cc1. The van der Waals surface area contributed by atoms with Gasteiger partial charge in [-0.05, 0) is 80.1 Å². The van der Waals surface area contributed by atoms with E-state index >= 15 is 0 Å². The van der Waals surface area contributed by atoms with Crippen LogP contribution in [0.5, 0.6) is 17.2 Å². The number of carbonyl (C=O) groups is 2. The molecule has 0 aliphatic heterocycles. The average Bonchev–Trinajstić information content (AvgIpc) is 3.08. The lowest BCUT2D eigenvalue weighted by Crippen LogP contribution is -2.13. The highest BCUT2D eigenvalue weighted by molar-refractivity contribution is 5.91. The molecule has 1 atom stereocenters. The number of esters is 2. The topological polar surface area (TPSA) is 114 Å². The molecule has 0 saturated carbocycles. The number of ether oxygens (including phenoxy) is 4. The molecule has 0 radical (unpaired) electrons. The number of unbranched alkanes of at least 4 members (excludes halogenated alkanes) is 8. The predicted molar refractivity (Wildman–Crippen MR) is 183 cm³/mol. The van der Waals surface area contributed by atoms with Gasteiger partial charge in [-0.3, -0.25) is 10.1 Å². The van der Waals surface area contributed by atoms with Gasteiger partial charge in [0, 0.05) is 6.08 Å². The quantitative estimate of drug-likeness (QED) is 0.0265. The summed E-state index contributed by atoms with van der Waals surface area (Å²) < 4.78 is 22.2. The Bertz CT molecular complexity index is 1420. The Hall–Kier alpha value is -4.66. The van der Waals surface area contributed by atoms with Crippen molar-refractivity contribution >= 4 is 17.6 Å². The molecule has 0 fully saturated rings. The second-order valence-electron chi connectivity index (χ2n) is 11.5. The van der Waals surface area contributed by atoms with Gasteiger partial charge in [-0.1, -0.05) is 82.7 Å². The van der Waals surface area contributed by atoms with Crippen molar-refractivity contribution in [3.05, 3.63) is 95.1 Å². The molecule has 252 valence electrons. The first-order valence-corrected chi connectivity index (χ1v) is 16.6. The van der Waals surface area contributed by atoms with E-state index in [0.717, 1.165) is 87.5 Å². The van der Waals surface area contributed by atoms with Crippen molar-refractivity contribution in [2.24, 2.45) is 0 Å². The Morgan fingerprint density at radius 1 is 0.809 bits per heavy atom. The van der Waals surface area contributed by atoms with Gasteiger partial charge in [-0.15, -0.1) is 0 Å². The highest BCUT2D eigenvalue weighted by atomic mass is 16.6. The molecule has 0 aromatic heterocycles. The zero-order valence-electron chi connectivity index (χ0n) is 27.6. The van der Waals surface area contributed by atoms with Crippen molar-refractivity contribution in [2.45, 2.75) is 90.6 Å². The molecule has 0 unspecified atom stereocenters. The summed E-state index contributed by atoms with van der Waals surface area (Å²) in [7, 11) is 0. The molecular formula is C38H47NO8. The Balaban J connectivity index is 1.43. The van der Waals surface area contributed by atoms with Gasteiger partial charge in [0.05, 0.1) is 35.9 Å². The van der Waals surface area contributed by atoms with E-state index in [4.69, 9.17) is 18.9 Å². The third-order valence-corrected chi connectivity index (χ3v) is 7.66. The van der Waals surface area contributed by atoms with Gasteiger partial charge >= 0.3 is 17.6 Å². The van der Waals surface area contributed by atoms with Crippen molar-refractivity contribution < 1.29 is 33.5 Å². The number of carbonyl (C=O) groups excluding carboxylic acids is 2. The highest BCUT2D eigenvalue weighted by Gasteiger charge is 2.20. The van der Waals surface area contributed by atoms with E-state index in [2.05, 4.69) is 13.5 Å². The van der Waals surface area contributed by atoms with Crippen LogP contribution in [0, 0.1) is 10.1 Å². The van der Waals surface area contributed by atoms with E-state index in [1.54, 1.807) is 12.1 Å². The fraction of sp³-hybridized carbons (Fsp3) is 0.421. The van der Waals surface area contributed by atoms with Crippen molar-refractivity contribution in [1.29, 1.82) is 0 Å². The molecule has 3 rings (SSSR count). The molecular weight excluding hydrogens is 598 g/mol. The minimum absolute atomic E-state index is 0.0769. The number of benzene rings is 3. The van der Waals surface area contributed by atoms with Gasteiger partial charge in [-0.2, -0.15) is 0 Å². The van der Waals surface area contributed by atoms with Crippen molar-refractivity contribution in [3.8, 4) is 28.4 Å². The van der Waals surface area contributed by atoms with Crippen LogP contribution in [0.1, 0.15) is 94.8 Å². The number of hydrogen-bond donors (Lipinski definition) is 0. The lowest BCUT2D eigenvalue weighted by Gasteiger charge is -2.15. The third kappa shape index (κ3) is 13.3. The van der Waals surface area contributed by atoms with E-state index in [0.29, 0.717) is 18.8 Å². The minimum atomic E-state index is -0.610. The van der Waals surface area contributed by atoms with Crippen LogP contribution < -0.4 is 14.2 Å². The monoisotopic (exact) mass is 645 g/mol. The van der Waals surface area contributed by atoms with Crippen molar-refractivity contribution in [3.63, 3.8) is 0 Å². The molecule has 0 spiro atoms. The Morgan fingerprint density at radius 2 is 1.40 bits per heavy atom. The van der Waals surface area contributed by atoms with Crippen LogP contribution in [0.25, 0.3) is 11.1 Å². The maximum absolute atomic E-state index is 12.8. The van der Waals surface area contributed by atoms with Crippen molar-refractivity contribution in [1.82, 2.24) is 0 Å². The van der Waals surface area contributed by atoms with Crippen LogP contribution >= 0.6 is 0 Å². The van der Waals surface area contributed by atoms with Crippen molar-refractivity contribution in [2.75, 3.05) is 13.2 Å². The number of rotatable bonds is 22. The molecule has 0 aliphatic rings. The molecule has 9 heteroatoms. The first-order chi connectivity index (χ1) is 22.8. The zero-order chi connectivity index (χ0) is 33.9. The lowest BCUT2D eigenvalue weighted by molar-refractivity contribution is -0.386. The van der Waals surface area contributed by atoms with Crippen LogP contribution in [-0.2, 0) is 9.53 Å². The summed E-state index contributed by atoms with van der Waals surface area (Å²) in [6.07, 6.45) is 12.4. The summed E-state index contributed by atoms with van der Waals surface area (Å²) in [6.45, 7) is 8.51. The Labute approximate surface area is 278 Å². The summed E-state index contributed by atoms with van der Waals surface area (Å²) in [6, 6.07) is 19.0. The minimum Gasteiger partial charge on any atom is -0.494 e. The first-order valence-electron chi connectivity index (χ1n) is 16.6. The van der Waals surface area contributed by atoms with E-state index in [9.17, 15) is 19.7 Å². The van der Waals surface area contributed by atoms with Gasteiger partial charge in [0.1, 0.15) is 11.5 Å². The van der Waals surface area contributed by atoms with Crippen LogP contribution in [0.3, 0.4) is 0 Å². The molecule has 0 heterocycles. The molecule has 3 aromatic carbocycles. The van der Waals surface area contributed by atoms with Crippen LogP contribution in [0.2, 0.25) is 0 Å². The second-order valence-corrected chi connectivity index (χ2v) is 11.5. The molecule has 9 nitrogen and oxygen atoms in total. The molecule has 0 bridgehead atoms. The van der Waals surface area contributed by atoms with E-state index < -0.39 is 10.9 Å². The van der Waals surface area contributed by atoms with Crippen LogP contribution in [0.15, 0.2) is 79.4 Å². The zero-order valence-corrected chi connectivity index (χ0v) is 27.6. The molecule has 0 amide bonds. The average molecular weight is 646 g/mol. The van der Waals surface area contributed by atoms with Gasteiger partial charge in [0.2, 0.25) is 0 Å².